The summed E-state index contributed by atoms with van der Waals surface area (Å²) in [6.45, 7) is 3.76. The van der Waals surface area contributed by atoms with Crippen molar-refractivity contribution >= 4 is 33.8 Å². The van der Waals surface area contributed by atoms with Gasteiger partial charge in [0.2, 0.25) is 15.9 Å². The topological polar surface area (TPSA) is 146 Å². The van der Waals surface area contributed by atoms with Gasteiger partial charge < -0.3 is 25.2 Å². The summed E-state index contributed by atoms with van der Waals surface area (Å²) < 4.78 is 40.8. The Hall–Kier alpha value is -3.62. The van der Waals surface area contributed by atoms with Gasteiger partial charge in [-0.15, -0.1) is 0 Å². The highest BCUT2D eigenvalue weighted by Crippen LogP contribution is 2.42. The summed E-state index contributed by atoms with van der Waals surface area (Å²) in [4.78, 5) is 28.0. The van der Waals surface area contributed by atoms with Crippen LogP contribution in [0.2, 0.25) is 0 Å². The van der Waals surface area contributed by atoms with Gasteiger partial charge in [-0.05, 0) is 66.6 Å². The summed E-state index contributed by atoms with van der Waals surface area (Å²) in [6.07, 6.45) is -0.564. The average Bonchev–Trinajstić information content (AvgIpc) is 3.06. The second-order valence-electron chi connectivity index (χ2n) is 10.8. The van der Waals surface area contributed by atoms with Crippen molar-refractivity contribution in [3.8, 4) is 11.5 Å². The third kappa shape index (κ3) is 8.35. The van der Waals surface area contributed by atoms with Crippen LogP contribution in [0, 0.1) is 0 Å². The SMILES string of the molecule is CCN1Sc2cc3c(cc2C[C@H]1C(=O)N[C@@H](Cc1ccccc1)[C@@H](O)C(=O)NCCCNS(=O)(=O)c1ccccc1)OCCO3. The minimum atomic E-state index is -3.66. The zero-order valence-corrected chi connectivity index (χ0v) is 26.6. The lowest BCUT2D eigenvalue weighted by atomic mass is 9.98. The summed E-state index contributed by atoms with van der Waals surface area (Å²) in [6, 6.07) is 19.8. The molecule has 3 aromatic carbocycles. The van der Waals surface area contributed by atoms with E-state index in [4.69, 9.17) is 9.47 Å². The Morgan fingerprint density at radius 1 is 1.00 bits per heavy atom. The number of sulfonamides is 1. The Bertz CT molecular complexity index is 1580. The van der Waals surface area contributed by atoms with E-state index in [1.54, 1.807) is 18.2 Å². The Balaban J connectivity index is 1.21. The molecule has 0 spiro atoms. The van der Waals surface area contributed by atoms with Gasteiger partial charge >= 0.3 is 0 Å². The number of hydrogen-bond donors (Lipinski definition) is 4. The van der Waals surface area contributed by atoms with E-state index >= 15 is 0 Å². The summed E-state index contributed by atoms with van der Waals surface area (Å²) in [5, 5.41) is 16.8. The number of fused-ring (bicyclic) bond motifs is 2. The van der Waals surface area contributed by atoms with E-state index in [-0.39, 0.29) is 30.3 Å². The highest BCUT2D eigenvalue weighted by Gasteiger charge is 2.36. The number of carbonyl (C=O) groups is 2. The first-order chi connectivity index (χ1) is 21.7. The predicted molar refractivity (Wildman–Crippen MR) is 171 cm³/mol. The summed E-state index contributed by atoms with van der Waals surface area (Å²) >= 11 is 1.47. The van der Waals surface area contributed by atoms with Crippen LogP contribution in [-0.2, 0) is 32.5 Å². The fraction of sp³-hybridized carbons (Fsp3) is 0.375. The number of nitrogens with zero attached hydrogens (tertiary/aromatic N) is 1. The summed E-state index contributed by atoms with van der Waals surface area (Å²) in [5.41, 5.74) is 1.82. The van der Waals surface area contributed by atoms with E-state index in [1.165, 1.54) is 24.1 Å². The third-order valence-corrected chi connectivity index (χ3v) is 10.4. The Morgan fingerprint density at radius 3 is 2.36 bits per heavy atom. The highest BCUT2D eigenvalue weighted by atomic mass is 32.2. The number of amides is 2. The molecule has 4 N–H and O–H groups in total. The maximum Gasteiger partial charge on any atom is 0.251 e. The number of hydrogen-bond acceptors (Lipinski definition) is 9. The molecule has 0 aliphatic carbocycles. The molecule has 3 aromatic rings. The minimum Gasteiger partial charge on any atom is -0.486 e. The van der Waals surface area contributed by atoms with Gasteiger partial charge in [0, 0.05) is 24.5 Å². The minimum absolute atomic E-state index is 0.103. The van der Waals surface area contributed by atoms with Crippen LogP contribution in [0.1, 0.15) is 24.5 Å². The number of ether oxygens (including phenoxy) is 2. The van der Waals surface area contributed by atoms with Gasteiger partial charge in [0.25, 0.3) is 5.91 Å². The number of aliphatic hydroxyl groups is 1. The zero-order valence-electron chi connectivity index (χ0n) is 25.0. The molecule has 0 radical (unpaired) electrons. The van der Waals surface area contributed by atoms with Crippen LogP contribution >= 0.6 is 11.9 Å². The van der Waals surface area contributed by atoms with Gasteiger partial charge in [0.1, 0.15) is 19.3 Å². The Labute approximate surface area is 267 Å². The van der Waals surface area contributed by atoms with E-state index < -0.39 is 34.1 Å². The van der Waals surface area contributed by atoms with Crippen LogP contribution in [0.5, 0.6) is 11.5 Å². The third-order valence-electron chi connectivity index (χ3n) is 7.59. The lowest BCUT2D eigenvalue weighted by Crippen LogP contribution is -2.56. The first-order valence-corrected chi connectivity index (χ1v) is 17.2. The van der Waals surface area contributed by atoms with Crippen LogP contribution in [0.4, 0.5) is 0 Å². The van der Waals surface area contributed by atoms with E-state index in [0.717, 1.165) is 16.0 Å². The lowest BCUT2D eigenvalue weighted by molar-refractivity contribution is -0.133. The molecule has 13 heteroatoms. The van der Waals surface area contributed by atoms with Crippen molar-refractivity contribution in [2.75, 3.05) is 32.8 Å². The normalized spacial score (nSPS) is 17.5. The zero-order chi connectivity index (χ0) is 31.8. The van der Waals surface area contributed by atoms with E-state index in [1.807, 2.05) is 53.7 Å². The highest BCUT2D eigenvalue weighted by molar-refractivity contribution is 7.97. The number of rotatable bonds is 13. The van der Waals surface area contributed by atoms with Gasteiger partial charge in [-0.2, -0.15) is 0 Å². The van der Waals surface area contributed by atoms with Crippen molar-refractivity contribution in [1.82, 2.24) is 19.7 Å². The molecule has 45 heavy (non-hydrogen) atoms. The number of aliphatic hydroxyl groups excluding tert-OH is 1. The van der Waals surface area contributed by atoms with Crippen molar-refractivity contribution in [3.05, 3.63) is 83.9 Å². The van der Waals surface area contributed by atoms with Crippen molar-refractivity contribution in [2.24, 2.45) is 0 Å². The van der Waals surface area contributed by atoms with Gasteiger partial charge in [-0.25, -0.2) is 17.4 Å². The molecule has 0 aromatic heterocycles. The number of nitrogens with one attached hydrogen (secondary N) is 3. The number of benzene rings is 3. The fourth-order valence-electron chi connectivity index (χ4n) is 5.23. The molecule has 5 rings (SSSR count). The van der Waals surface area contributed by atoms with E-state index in [0.29, 0.717) is 44.1 Å². The molecule has 2 heterocycles. The molecule has 11 nitrogen and oxygen atoms in total. The Morgan fingerprint density at radius 2 is 1.67 bits per heavy atom. The molecule has 0 bridgehead atoms. The molecule has 0 saturated heterocycles. The first-order valence-electron chi connectivity index (χ1n) is 15.0. The molecule has 2 amide bonds. The maximum absolute atomic E-state index is 13.8. The van der Waals surface area contributed by atoms with E-state index in [2.05, 4.69) is 15.4 Å². The fourth-order valence-corrected chi connectivity index (χ4v) is 7.42. The largest absolute Gasteiger partial charge is 0.486 e. The molecular formula is C32H38N4O7S2. The smallest absolute Gasteiger partial charge is 0.251 e. The number of carbonyl (C=O) groups excluding carboxylic acids is 2. The first kappa shape index (κ1) is 32.8. The monoisotopic (exact) mass is 654 g/mol. The molecule has 3 atom stereocenters. The van der Waals surface area contributed by atoms with E-state index in [9.17, 15) is 23.1 Å². The predicted octanol–water partition coefficient (Wildman–Crippen LogP) is 2.28. The van der Waals surface area contributed by atoms with Crippen molar-refractivity contribution < 1.29 is 32.6 Å². The molecule has 0 saturated carbocycles. The summed E-state index contributed by atoms with van der Waals surface area (Å²) in [7, 11) is -3.66. The standard InChI is InChI=1S/C32H38N4O7S2/c1-2-36-26(19-23-20-27-28(21-29(23)44-36)43-17-16-42-27)31(38)35-25(18-22-10-5-3-6-11-22)30(37)32(39)33-14-9-15-34-45(40,41)24-12-7-4-8-13-24/h3-8,10-13,20-21,25-26,30,34,37H,2,9,14-19H2,1H3,(H,33,39)(H,35,38)/t25-,26-,30+/m0/s1. The summed E-state index contributed by atoms with van der Waals surface area (Å²) in [5.74, 6) is 0.401. The second-order valence-corrected chi connectivity index (χ2v) is 13.6. The molecule has 2 aliphatic heterocycles. The second kappa shape index (κ2) is 15.1. The van der Waals surface area contributed by atoms with Crippen LogP contribution in [-0.4, -0.2) is 80.7 Å². The molecule has 0 unspecified atom stereocenters. The van der Waals surface area contributed by atoms with Crippen molar-refractivity contribution in [3.63, 3.8) is 0 Å². The van der Waals surface area contributed by atoms with Crippen LogP contribution in [0.25, 0.3) is 0 Å². The van der Waals surface area contributed by atoms with Crippen molar-refractivity contribution in [2.45, 2.75) is 54.2 Å². The molecule has 0 fully saturated rings. The van der Waals surface area contributed by atoms with Crippen LogP contribution in [0.3, 0.4) is 0 Å². The van der Waals surface area contributed by atoms with Crippen molar-refractivity contribution in [1.29, 1.82) is 0 Å². The molecule has 240 valence electrons. The van der Waals surface area contributed by atoms with Gasteiger partial charge in [0.15, 0.2) is 17.6 Å². The van der Waals surface area contributed by atoms with Gasteiger partial charge in [-0.3, -0.25) is 9.59 Å². The van der Waals surface area contributed by atoms with Gasteiger partial charge in [0.05, 0.1) is 10.9 Å². The lowest BCUT2D eigenvalue weighted by Gasteiger charge is -2.36. The molecule has 2 aliphatic rings. The van der Waals surface area contributed by atoms with Gasteiger partial charge in [-0.1, -0.05) is 55.5 Å². The van der Waals surface area contributed by atoms with Crippen LogP contribution < -0.4 is 24.8 Å². The maximum atomic E-state index is 13.8. The number of likely N-dealkylation sites (N-methyl/N-ethyl adjacent to an activating group) is 1. The quantitative estimate of drug-likeness (QED) is 0.161. The van der Waals surface area contributed by atoms with Crippen LogP contribution in [0.15, 0.2) is 82.6 Å². The average molecular weight is 655 g/mol. The molecular weight excluding hydrogens is 617 g/mol. The Kier molecular flexibility index (Phi) is 11.0.